The molecular formula is C20H14N2O8S2. The summed E-state index contributed by atoms with van der Waals surface area (Å²) >= 11 is 1.59. The first-order chi connectivity index (χ1) is 15.1. The zero-order valence-electron chi connectivity index (χ0n) is 15.9. The number of nitrogens with one attached hydrogen (secondary N) is 2. The molecule has 2 aliphatic rings. The Morgan fingerprint density at radius 1 is 0.594 bits per heavy atom. The normalized spacial score (nSPS) is 17.9. The van der Waals surface area contributed by atoms with Gasteiger partial charge in [0.15, 0.2) is 23.0 Å². The van der Waals surface area contributed by atoms with Gasteiger partial charge in [0, 0.05) is 0 Å². The van der Waals surface area contributed by atoms with Crippen molar-refractivity contribution in [1.29, 1.82) is 0 Å². The summed E-state index contributed by atoms with van der Waals surface area (Å²) in [5, 5.41) is 40.1. The minimum atomic E-state index is -0.456. The zero-order valence-corrected chi connectivity index (χ0v) is 17.5. The van der Waals surface area contributed by atoms with Gasteiger partial charge in [0.05, 0.1) is 9.81 Å². The van der Waals surface area contributed by atoms with Crippen molar-refractivity contribution in [2.75, 3.05) is 0 Å². The summed E-state index contributed by atoms with van der Waals surface area (Å²) in [6.07, 6.45) is 2.92. The number of hydrogen-bond acceptors (Lipinski definition) is 10. The molecule has 12 heteroatoms. The molecule has 0 bridgehead atoms. The maximum atomic E-state index is 11.2. The highest BCUT2D eigenvalue weighted by molar-refractivity contribution is 8.18. The maximum absolute atomic E-state index is 11.2. The Morgan fingerprint density at radius 3 is 1.25 bits per heavy atom. The molecule has 2 fully saturated rings. The lowest BCUT2D eigenvalue weighted by Crippen LogP contribution is -2.17. The van der Waals surface area contributed by atoms with Crippen LogP contribution in [0.1, 0.15) is 11.1 Å². The summed E-state index contributed by atoms with van der Waals surface area (Å²) in [6.45, 7) is 0. The van der Waals surface area contributed by atoms with Crippen molar-refractivity contribution in [1.82, 2.24) is 10.6 Å². The monoisotopic (exact) mass is 474 g/mol. The number of phenolic OH excluding ortho intramolecular Hbond substituents is 4. The Balaban J connectivity index is 0.000000181. The van der Waals surface area contributed by atoms with E-state index in [1.807, 2.05) is 0 Å². The third kappa shape index (κ3) is 5.62. The van der Waals surface area contributed by atoms with Crippen molar-refractivity contribution < 1.29 is 39.6 Å². The fourth-order valence-corrected chi connectivity index (χ4v) is 3.77. The van der Waals surface area contributed by atoms with Crippen LogP contribution in [0.2, 0.25) is 0 Å². The molecule has 2 aromatic carbocycles. The summed E-state index contributed by atoms with van der Waals surface area (Å²) in [7, 11) is 0. The number of carbonyl (C=O) groups excluding carboxylic acids is 4. The van der Waals surface area contributed by atoms with Crippen molar-refractivity contribution >= 4 is 58.0 Å². The largest absolute Gasteiger partial charge is 0.504 e. The lowest BCUT2D eigenvalue weighted by molar-refractivity contribution is -0.116. The van der Waals surface area contributed by atoms with Gasteiger partial charge < -0.3 is 20.4 Å². The molecule has 6 N–H and O–H groups in total. The molecule has 0 saturated carbocycles. The van der Waals surface area contributed by atoms with E-state index in [2.05, 4.69) is 10.6 Å². The van der Waals surface area contributed by atoms with E-state index in [0.717, 1.165) is 23.5 Å². The average Bonchev–Trinajstić information content (AvgIpc) is 3.21. The number of carbonyl (C=O) groups is 4. The van der Waals surface area contributed by atoms with Gasteiger partial charge in [-0.1, -0.05) is 12.1 Å². The maximum Gasteiger partial charge on any atom is 0.290 e. The van der Waals surface area contributed by atoms with Gasteiger partial charge in [0.1, 0.15) is 0 Å². The Labute approximate surface area is 188 Å². The first-order valence-corrected chi connectivity index (χ1v) is 10.3. The van der Waals surface area contributed by atoms with Crippen LogP contribution in [0.5, 0.6) is 23.0 Å². The predicted octanol–water partition coefficient (Wildman–Crippen LogP) is 2.84. The molecule has 4 rings (SSSR count). The van der Waals surface area contributed by atoms with Crippen LogP contribution < -0.4 is 10.6 Å². The lowest BCUT2D eigenvalue weighted by atomic mass is 10.2. The molecule has 2 saturated heterocycles. The SMILES string of the molecule is O=C1NC(=O)C(=Cc2ccc(O)c(O)c2)S1.O=C1NC(=O)C(=Cc2ccc(O)c(O)c2)S1. The van der Waals surface area contributed by atoms with E-state index in [4.69, 9.17) is 10.2 Å². The van der Waals surface area contributed by atoms with E-state index in [9.17, 15) is 29.4 Å². The fourth-order valence-electron chi connectivity index (χ4n) is 2.41. The molecular weight excluding hydrogens is 460 g/mol. The molecule has 0 aliphatic carbocycles. The second kappa shape index (κ2) is 9.49. The number of imide groups is 2. The van der Waals surface area contributed by atoms with E-state index in [1.54, 1.807) is 0 Å². The summed E-state index contributed by atoms with van der Waals surface area (Å²) in [6, 6.07) is 8.28. The summed E-state index contributed by atoms with van der Waals surface area (Å²) < 4.78 is 0. The first-order valence-electron chi connectivity index (χ1n) is 8.66. The molecule has 0 radical (unpaired) electrons. The number of thioether (sulfide) groups is 2. The van der Waals surface area contributed by atoms with Crippen LogP contribution in [0, 0.1) is 0 Å². The van der Waals surface area contributed by atoms with E-state index in [-0.39, 0.29) is 32.8 Å². The molecule has 2 heterocycles. The van der Waals surface area contributed by atoms with E-state index in [1.165, 1.54) is 48.6 Å². The van der Waals surface area contributed by atoms with E-state index >= 15 is 0 Å². The average molecular weight is 474 g/mol. The summed E-state index contributed by atoms with van der Waals surface area (Å²) in [5.74, 6) is -1.93. The highest BCUT2D eigenvalue weighted by Crippen LogP contribution is 2.30. The van der Waals surface area contributed by atoms with Crippen molar-refractivity contribution in [3.63, 3.8) is 0 Å². The molecule has 0 atom stereocenters. The topological polar surface area (TPSA) is 173 Å². The second-order valence-electron chi connectivity index (χ2n) is 6.20. The molecule has 2 aliphatic heterocycles. The number of phenols is 4. The highest BCUT2D eigenvalue weighted by atomic mass is 32.2. The predicted molar refractivity (Wildman–Crippen MR) is 118 cm³/mol. The molecule has 0 spiro atoms. The van der Waals surface area contributed by atoms with Gasteiger partial charge in [-0.2, -0.15) is 0 Å². The van der Waals surface area contributed by atoms with Gasteiger partial charge in [-0.15, -0.1) is 0 Å². The van der Waals surface area contributed by atoms with Crippen LogP contribution in [0.25, 0.3) is 12.2 Å². The van der Waals surface area contributed by atoms with Crippen LogP contribution in [0.15, 0.2) is 46.2 Å². The standard InChI is InChI=1S/2C10H7NO4S/c2*12-6-2-1-5(3-7(6)13)4-8-9(14)11-10(15)16-8/h2*1-4,12-13H,(H,11,14,15). The van der Waals surface area contributed by atoms with Gasteiger partial charge in [-0.05, 0) is 71.1 Å². The van der Waals surface area contributed by atoms with Crippen molar-refractivity contribution in [2.45, 2.75) is 0 Å². The van der Waals surface area contributed by atoms with Crippen molar-refractivity contribution in [3.8, 4) is 23.0 Å². The van der Waals surface area contributed by atoms with E-state index in [0.29, 0.717) is 11.1 Å². The van der Waals surface area contributed by atoms with Crippen molar-refractivity contribution in [3.05, 3.63) is 57.3 Å². The Kier molecular flexibility index (Phi) is 6.76. The Morgan fingerprint density at radius 2 is 0.969 bits per heavy atom. The molecule has 10 nitrogen and oxygen atoms in total. The van der Waals surface area contributed by atoms with Crippen LogP contribution in [0.4, 0.5) is 9.59 Å². The highest BCUT2D eigenvalue weighted by Gasteiger charge is 2.25. The van der Waals surface area contributed by atoms with E-state index < -0.39 is 22.3 Å². The summed E-state index contributed by atoms with van der Waals surface area (Å²) in [5.41, 5.74) is 1.06. The number of rotatable bonds is 2. The second-order valence-corrected chi connectivity index (χ2v) is 8.23. The van der Waals surface area contributed by atoms with Gasteiger partial charge in [-0.3, -0.25) is 29.8 Å². The molecule has 2 aromatic rings. The molecule has 0 aromatic heterocycles. The molecule has 164 valence electrons. The number of aromatic hydroxyl groups is 4. The molecule has 4 amide bonds. The minimum absolute atomic E-state index is 0.234. The lowest BCUT2D eigenvalue weighted by Gasteiger charge is -1.99. The van der Waals surface area contributed by atoms with Crippen molar-refractivity contribution in [2.24, 2.45) is 0 Å². The molecule has 0 unspecified atom stereocenters. The Bertz CT molecular complexity index is 1110. The number of hydrogen-bond donors (Lipinski definition) is 6. The third-order valence-electron chi connectivity index (χ3n) is 3.88. The zero-order chi connectivity index (χ0) is 23.4. The van der Waals surface area contributed by atoms with Gasteiger partial charge in [-0.25, -0.2) is 0 Å². The van der Waals surface area contributed by atoms with Gasteiger partial charge in [0.2, 0.25) is 0 Å². The fraction of sp³-hybridized carbons (Fsp3) is 0. The number of amides is 4. The van der Waals surface area contributed by atoms with Crippen LogP contribution in [0.3, 0.4) is 0 Å². The molecule has 32 heavy (non-hydrogen) atoms. The van der Waals surface area contributed by atoms with Gasteiger partial charge >= 0.3 is 0 Å². The van der Waals surface area contributed by atoms with Crippen LogP contribution in [-0.4, -0.2) is 42.7 Å². The summed E-state index contributed by atoms with van der Waals surface area (Å²) in [4.78, 5) is 44.7. The quantitative estimate of drug-likeness (QED) is 0.281. The number of benzene rings is 2. The Hall–Kier alpha value is -3.90. The van der Waals surface area contributed by atoms with Gasteiger partial charge in [0.25, 0.3) is 22.3 Å². The van der Waals surface area contributed by atoms with Crippen LogP contribution >= 0.6 is 23.5 Å². The smallest absolute Gasteiger partial charge is 0.290 e. The van der Waals surface area contributed by atoms with Crippen LogP contribution in [-0.2, 0) is 9.59 Å². The minimum Gasteiger partial charge on any atom is -0.504 e. The first kappa shape index (κ1) is 22.8. The third-order valence-corrected chi connectivity index (χ3v) is 5.50.